The first-order valence-electron chi connectivity index (χ1n) is 6.54. The average Bonchev–Trinajstić information content (AvgIpc) is 2.46. The summed E-state index contributed by atoms with van der Waals surface area (Å²) in [6.07, 6.45) is 0. The van der Waals surface area contributed by atoms with Crippen molar-refractivity contribution in [1.29, 1.82) is 0 Å². The van der Waals surface area contributed by atoms with Gasteiger partial charge in [-0.05, 0) is 31.5 Å². The highest BCUT2D eigenvalue weighted by Gasteiger charge is 2.12. The number of anilines is 1. The number of hydrogen-bond donors (Lipinski definition) is 1. The topological polar surface area (TPSA) is 55.0 Å². The summed E-state index contributed by atoms with van der Waals surface area (Å²) in [5.74, 6) is 0.885. The largest absolute Gasteiger partial charge is 0.348 e. The summed E-state index contributed by atoms with van der Waals surface area (Å²) in [6, 6.07) is 14.7. The molecule has 1 aromatic carbocycles. The SMILES string of the molecule is CC(C)N(Cc1ccccc1)c1ccc(CN)nn1. The van der Waals surface area contributed by atoms with Crippen molar-refractivity contribution in [2.24, 2.45) is 5.73 Å². The van der Waals surface area contributed by atoms with Gasteiger partial charge in [-0.25, -0.2) is 0 Å². The Labute approximate surface area is 114 Å². The van der Waals surface area contributed by atoms with Crippen molar-refractivity contribution in [3.63, 3.8) is 0 Å². The molecule has 0 aliphatic heterocycles. The van der Waals surface area contributed by atoms with Gasteiger partial charge in [-0.1, -0.05) is 30.3 Å². The van der Waals surface area contributed by atoms with Crippen molar-refractivity contribution >= 4 is 5.82 Å². The maximum atomic E-state index is 5.54. The molecule has 0 radical (unpaired) electrons. The molecule has 2 rings (SSSR count). The van der Waals surface area contributed by atoms with E-state index in [4.69, 9.17) is 5.73 Å². The molecular weight excluding hydrogens is 236 g/mol. The van der Waals surface area contributed by atoms with Crippen LogP contribution >= 0.6 is 0 Å². The standard InChI is InChI=1S/C15H20N4/c1-12(2)19(11-13-6-4-3-5-7-13)15-9-8-14(10-16)17-18-15/h3-9,12H,10-11,16H2,1-2H3. The Bertz CT molecular complexity index is 493. The van der Waals surface area contributed by atoms with Gasteiger partial charge < -0.3 is 10.6 Å². The summed E-state index contributed by atoms with van der Waals surface area (Å²) >= 11 is 0. The second kappa shape index (κ2) is 6.29. The molecule has 1 aromatic heterocycles. The van der Waals surface area contributed by atoms with E-state index in [-0.39, 0.29) is 0 Å². The van der Waals surface area contributed by atoms with Gasteiger partial charge >= 0.3 is 0 Å². The molecule has 4 nitrogen and oxygen atoms in total. The smallest absolute Gasteiger partial charge is 0.151 e. The van der Waals surface area contributed by atoms with Crippen LogP contribution < -0.4 is 10.6 Å². The Morgan fingerprint density at radius 2 is 1.79 bits per heavy atom. The van der Waals surface area contributed by atoms with Crippen LogP contribution in [-0.2, 0) is 13.1 Å². The number of nitrogens with zero attached hydrogens (tertiary/aromatic N) is 3. The van der Waals surface area contributed by atoms with Crippen LogP contribution in [0.25, 0.3) is 0 Å². The van der Waals surface area contributed by atoms with Crippen molar-refractivity contribution in [1.82, 2.24) is 10.2 Å². The van der Waals surface area contributed by atoms with Gasteiger partial charge in [-0.15, -0.1) is 5.10 Å². The lowest BCUT2D eigenvalue weighted by Crippen LogP contribution is -2.31. The van der Waals surface area contributed by atoms with E-state index in [1.54, 1.807) is 0 Å². The van der Waals surface area contributed by atoms with Crippen LogP contribution in [0.3, 0.4) is 0 Å². The van der Waals surface area contributed by atoms with Crippen molar-refractivity contribution < 1.29 is 0 Å². The lowest BCUT2D eigenvalue weighted by molar-refractivity contribution is 0.663. The van der Waals surface area contributed by atoms with E-state index in [0.717, 1.165) is 18.1 Å². The Morgan fingerprint density at radius 3 is 2.32 bits per heavy atom. The van der Waals surface area contributed by atoms with Crippen LogP contribution in [0, 0.1) is 0 Å². The molecule has 0 spiro atoms. The third-order valence-corrected chi connectivity index (χ3v) is 3.03. The second-order valence-electron chi connectivity index (χ2n) is 4.79. The van der Waals surface area contributed by atoms with Gasteiger partial charge in [0.1, 0.15) is 0 Å². The summed E-state index contributed by atoms with van der Waals surface area (Å²) in [4.78, 5) is 2.22. The van der Waals surface area contributed by atoms with E-state index >= 15 is 0 Å². The number of nitrogens with two attached hydrogens (primary N) is 1. The highest BCUT2D eigenvalue weighted by atomic mass is 15.3. The molecule has 2 N–H and O–H groups in total. The number of rotatable bonds is 5. The zero-order valence-corrected chi connectivity index (χ0v) is 11.5. The zero-order valence-electron chi connectivity index (χ0n) is 11.5. The summed E-state index contributed by atoms with van der Waals surface area (Å²) in [6.45, 7) is 5.56. The Hall–Kier alpha value is -1.94. The molecule has 0 aliphatic rings. The van der Waals surface area contributed by atoms with Gasteiger partial charge in [0, 0.05) is 19.1 Å². The fourth-order valence-corrected chi connectivity index (χ4v) is 1.92. The van der Waals surface area contributed by atoms with E-state index < -0.39 is 0 Å². The lowest BCUT2D eigenvalue weighted by atomic mass is 10.2. The summed E-state index contributed by atoms with van der Waals surface area (Å²) < 4.78 is 0. The van der Waals surface area contributed by atoms with Crippen LogP contribution in [0.4, 0.5) is 5.82 Å². The molecular formula is C15H20N4. The molecule has 4 heteroatoms. The van der Waals surface area contributed by atoms with Crippen molar-refractivity contribution in [2.45, 2.75) is 33.0 Å². The molecule has 0 amide bonds. The maximum absolute atomic E-state index is 5.54. The predicted molar refractivity (Wildman–Crippen MR) is 77.7 cm³/mol. The first kappa shape index (κ1) is 13.5. The third-order valence-electron chi connectivity index (χ3n) is 3.03. The summed E-state index contributed by atoms with van der Waals surface area (Å²) in [5, 5.41) is 8.39. The molecule has 0 bridgehead atoms. The Morgan fingerprint density at radius 1 is 1.05 bits per heavy atom. The van der Waals surface area contributed by atoms with Crippen LogP contribution in [0.5, 0.6) is 0 Å². The molecule has 19 heavy (non-hydrogen) atoms. The third kappa shape index (κ3) is 3.51. The second-order valence-corrected chi connectivity index (χ2v) is 4.79. The highest BCUT2D eigenvalue weighted by molar-refractivity contribution is 5.39. The quantitative estimate of drug-likeness (QED) is 0.892. The monoisotopic (exact) mass is 256 g/mol. The van der Waals surface area contributed by atoms with Gasteiger partial charge in [0.2, 0.25) is 0 Å². The molecule has 100 valence electrons. The Kier molecular flexibility index (Phi) is 4.47. The normalized spacial score (nSPS) is 10.7. The van der Waals surface area contributed by atoms with Crippen molar-refractivity contribution in [3.05, 3.63) is 53.7 Å². The molecule has 0 fully saturated rings. The lowest BCUT2D eigenvalue weighted by Gasteiger charge is -2.27. The first-order valence-corrected chi connectivity index (χ1v) is 6.54. The van der Waals surface area contributed by atoms with Crippen LogP contribution in [0.2, 0.25) is 0 Å². The predicted octanol–water partition coefficient (Wildman–Crippen LogP) is 2.35. The van der Waals surface area contributed by atoms with E-state index in [1.165, 1.54) is 5.56 Å². The highest BCUT2D eigenvalue weighted by Crippen LogP contribution is 2.17. The van der Waals surface area contributed by atoms with Crippen molar-refractivity contribution in [2.75, 3.05) is 4.90 Å². The number of aromatic nitrogens is 2. The zero-order chi connectivity index (χ0) is 13.7. The maximum Gasteiger partial charge on any atom is 0.151 e. The fourth-order valence-electron chi connectivity index (χ4n) is 1.92. The number of benzene rings is 1. The van der Waals surface area contributed by atoms with Crippen LogP contribution in [0.1, 0.15) is 25.1 Å². The minimum atomic E-state index is 0.359. The van der Waals surface area contributed by atoms with Gasteiger partial charge in [0.05, 0.1) is 5.69 Å². The summed E-state index contributed by atoms with van der Waals surface area (Å²) in [7, 11) is 0. The van der Waals surface area contributed by atoms with E-state index in [0.29, 0.717) is 12.6 Å². The molecule has 2 aromatic rings. The van der Waals surface area contributed by atoms with Crippen LogP contribution in [0.15, 0.2) is 42.5 Å². The molecule has 0 aliphatic carbocycles. The van der Waals surface area contributed by atoms with Crippen LogP contribution in [-0.4, -0.2) is 16.2 Å². The van der Waals surface area contributed by atoms with E-state index in [2.05, 4.69) is 53.2 Å². The molecule has 0 saturated carbocycles. The molecule has 0 unspecified atom stereocenters. The molecule has 0 atom stereocenters. The molecule has 1 heterocycles. The van der Waals surface area contributed by atoms with Crippen molar-refractivity contribution in [3.8, 4) is 0 Å². The first-order chi connectivity index (χ1) is 9.20. The van der Waals surface area contributed by atoms with E-state index in [9.17, 15) is 0 Å². The van der Waals surface area contributed by atoms with Gasteiger partial charge in [0.15, 0.2) is 5.82 Å². The van der Waals surface area contributed by atoms with Gasteiger partial charge in [0.25, 0.3) is 0 Å². The summed E-state index contributed by atoms with van der Waals surface area (Å²) in [5.41, 5.74) is 7.62. The minimum Gasteiger partial charge on any atom is -0.348 e. The fraction of sp³-hybridized carbons (Fsp3) is 0.333. The van der Waals surface area contributed by atoms with Gasteiger partial charge in [-0.2, -0.15) is 5.10 Å². The Balaban J connectivity index is 2.19. The average molecular weight is 256 g/mol. The molecule has 0 saturated heterocycles. The minimum absolute atomic E-state index is 0.359. The van der Waals surface area contributed by atoms with Gasteiger partial charge in [-0.3, -0.25) is 0 Å². The number of hydrogen-bond acceptors (Lipinski definition) is 4. The van der Waals surface area contributed by atoms with E-state index in [1.807, 2.05) is 18.2 Å².